The van der Waals surface area contributed by atoms with E-state index in [9.17, 15) is 4.79 Å². The SMILES string of the molecule is COc1cccc2[nH]c(C(C)N(C)C(=O)C=Cc3ccc(N)nc3)cc12. The molecule has 0 saturated heterocycles. The first-order valence-corrected chi connectivity index (χ1v) is 8.31. The number of benzene rings is 1. The van der Waals surface area contributed by atoms with Crippen LogP contribution in [0.4, 0.5) is 5.82 Å². The number of carbonyl (C=O) groups excluding carboxylic acids is 1. The molecule has 26 heavy (non-hydrogen) atoms. The van der Waals surface area contributed by atoms with Gasteiger partial charge in [-0.05, 0) is 48.9 Å². The summed E-state index contributed by atoms with van der Waals surface area (Å²) < 4.78 is 5.40. The molecule has 0 aliphatic heterocycles. The minimum atomic E-state index is -0.117. The number of nitrogens with zero attached hydrogens (tertiary/aromatic N) is 2. The topological polar surface area (TPSA) is 84.2 Å². The predicted molar refractivity (Wildman–Crippen MR) is 104 cm³/mol. The van der Waals surface area contributed by atoms with Crippen molar-refractivity contribution in [3.63, 3.8) is 0 Å². The van der Waals surface area contributed by atoms with Crippen molar-refractivity contribution in [1.82, 2.24) is 14.9 Å². The van der Waals surface area contributed by atoms with Crippen LogP contribution in [0.2, 0.25) is 0 Å². The molecule has 3 rings (SSSR count). The molecule has 2 heterocycles. The largest absolute Gasteiger partial charge is 0.496 e. The molecule has 0 radical (unpaired) electrons. The van der Waals surface area contributed by atoms with E-state index in [0.717, 1.165) is 27.9 Å². The third-order valence-corrected chi connectivity index (χ3v) is 4.47. The van der Waals surface area contributed by atoms with Gasteiger partial charge in [0.2, 0.25) is 5.91 Å². The van der Waals surface area contributed by atoms with Crippen molar-refractivity contribution < 1.29 is 9.53 Å². The maximum Gasteiger partial charge on any atom is 0.246 e. The first-order valence-electron chi connectivity index (χ1n) is 8.31. The van der Waals surface area contributed by atoms with E-state index in [0.29, 0.717) is 5.82 Å². The molecule has 0 aliphatic rings. The average Bonchev–Trinajstić information content (AvgIpc) is 3.10. The predicted octanol–water partition coefficient (Wildman–Crippen LogP) is 3.39. The van der Waals surface area contributed by atoms with E-state index in [1.807, 2.05) is 37.3 Å². The van der Waals surface area contributed by atoms with E-state index in [-0.39, 0.29) is 11.9 Å². The van der Waals surface area contributed by atoms with Gasteiger partial charge in [-0.3, -0.25) is 4.79 Å². The van der Waals surface area contributed by atoms with Gasteiger partial charge in [0.05, 0.1) is 13.2 Å². The number of hydrogen-bond donors (Lipinski definition) is 2. The monoisotopic (exact) mass is 350 g/mol. The van der Waals surface area contributed by atoms with Gasteiger partial charge in [-0.15, -0.1) is 0 Å². The molecule has 1 atom stereocenters. The average molecular weight is 350 g/mol. The van der Waals surface area contributed by atoms with Gasteiger partial charge in [0.1, 0.15) is 11.6 Å². The Balaban J connectivity index is 1.77. The minimum absolute atomic E-state index is 0.0973. The molecule has 1 unspecified atom stereocenters. The van der Waals surface area contributed by atoms with E-state index >= 15 is 0 Å². The number of aromatic nitrogens is 2. The zero-order chi connectivity index (χ0) is 18.7. The summed E-state index contributed by atoms with van der Waals surface area (Å²) >= 11 is 0. The van der Waals surface area contributed by atoms with Crippen molar-refractivity contribution in [3.8, 4) is 5.75 Å². The van der Waals surface area contributed by atoms with Crippen molar-refractivity contribution in [2.24, 2.45) is 0 Å². The zero-order valence-corrected chi connectivity index (χ0v) is 15.1. The molecule has 1 amide bonds. The normalized spacial score (nSPS) is 12.4. The van der Waals surface area contributed by atoms with Gasteiger partial charge < -0.3 is 20.4 Å². The molecule has 2 aromatic heterocycles. The van der Waals surface area contributed by atoms with Crippen LogP contribution in [0.5, 0.6) is 5.75 Å². The number of carbonyl (C=O) groups is 1. The summed E-state index contributed by atoms with van der Waals surface area (Å²) in [6.07, 6.45) is 4.89. The highest BCUT2D eigenvalue weighted by molar-refractivity contribution is 5.92. The molecule has 0 aliphatic carbocycles. The number of nitrogen functional groups attached to an aromatic ring is 1. The number of fused-ring (bicyclic) bond motifs is 1. The lowest BCUT2D eigenvalue weighted by Gasteiger charge is -2.22. The van der Waals surface area contributed by atoms with Gasteiger partial charge in [0.15, 0.2) is 0 Å². The molecular weight excluding hydrogens is 328 g/mol. The lowest BCUT2D eigenvalue weighted by atomic mass is 10.1. The highest BCUT2D eigenvalue weighted by Gasteiger charge is 2.18. The summed E-state index contributed by atoms with van der Waals surface area (Å²) in [6.45, 7) is 1.98. The fraction of sp³-hybridized carbons (Fsp3) is 0.200. The lowest BCUT2D eigenvalue weighted by molar-refractivity contribution is -0.126. The fourth-order valence-corrected chi connectivity index (χ4v) is 2.75. The lowest BCUT2D eigenvalue weighted by Crippen LogP contribution is -2.28. The van der Waals surface area contributed by atoms with Crippen molar-refractivity contribution in [2.45, 2.75) is 13.0 Å². The van der Waals surface area contributed by atoms with Crippen LogP contribution >= 0.6 is 0 Å². The summed E-state index contributed by atoms with van der Waals surface area (Å²) in [6, 6.07) is 11.3. The van der Waals surface area contributed by atoms with Crippen LogP contribution in [-0.2, 0) is 4.79 Å². The Hall–Kier alpha value is -3.28. The Bertz CT molecular complexity index is 944. The van der Waals surface area contributed by atoms with E-state index in [4.69, 9.17) is 10.5 Å². The van der Waals surface area contributed by atoms with E-state index in [1.165, 1.54) is 6.08 Å². The Labute approximate surface area is 152 Å². The molecule has 6 heteroatoms. The van der Waals surface area contributed by atoms with Crippen LogP contribution < -0.4 is 10.5 Å². The molecule has 3 N–H and O–H groups in total. The highest BCUT2D eigenvalue weighted by Crippen LogP contribution is 2.29. The van der Waals surface area contributed by atoms with Crippen LogP contribution in [0.25, 0.3) is 17.0 Å². The minimum Gasteiger partial charge on any atom is -0.496 e. The van der Waals surface area contributed by atoms with Crippen molar-refractivity contribution in [2.75, 3.05) is 19.9 Å². The van der Waals surface area contributed by atoms with Gasteiger partial charge in [-0.25, -0.2) is 4.98 Å². The molecule has 0 fully saturated rings. The van der Waals surface area contributed by atoms with Crippen LogP contribution in [0.15, 0.2) is 48.7 Å². The first-order chi connectivity index (χ1) is 12.5. The number of methoxy groups -OCH3 is 1. The summed E-state index contributed by atoms with van der Waals surface area (Å²) in [4.78, 5) is 21.5. The molecule has 0 spiro atoms. The number of pyridine rings is 1. The number of hydrogen-bond acceptors (Lipinski definition) is 4. The van der Waals surface area contributed by atoms with E-state index in [2.05, 4.69) is 9.97 Å². The Morgan fingerprint density at radius 2 is 2.15 bits per heavy atom. The third-order valence-electron chi connectivity index (χ3n) is 4.47. The Kier molecular flexibility index (Phi) is 4.93. The van der Waals surface area contributed by atoms with Crippen LogP contribution in [0.3, 0.4) is 0 Å². The van der Waals surface area contributed by atoms with Crippen LogP contribution in [-0.4, -0.2) is 34.9 Å². The van der Waals surface area contributed by atoms with E-state index in [1.54, 1.807) is 37.4 Å². The zero-order valence-electron chi connectivity index (χ0n) is 15.1. The number of ether oxygens (including phenoxy) is 1. The first kappa shape index (κ1) is 17.5. The number of aromatic amines is 1. The fourth-order valence-electron chi connectivity index (χ4n) is 2.75. The summed E-state index contributed by atoms with van der Waals surface area (Å²) in [7, 11) is 3.43. The molecule has 3 aromatic rings. The number of likely N-dealkylation sites (N-methyl/N-ethyl adjacent to an activating group) is 1. The summed E-state index contributed by atoms with van der Waals surface area (Å²) in [5, 5.41) is 1.00. The summed E-state index contributed by atoms with van der Waals surface area (Å²) in [5.74, 6) is 1.16. The van der Waals surface area contributed by atoms with Gasteiger partial charge in [-0.1, -0.05) is 6.07 Å². The number of nitrogens with two attached hydrogens (primary N) is 1. The van der Waals surface area contributed by atoms with Crippen molar-refractivity contribution in [1.29, 1.82) is 0 Å². The molecular formula is C20H22N4O2. The second kappa shape index (κ2) is 7.31. The summed E-state index contributed by atoms with van der Waals surface area (Å²) in [5.41, 5.74) is 8.32. The maximum atomic E-state index is 12.5. The van der Waals surface area contributed by atoms with Crippen LogP contribution in [0.1, 0.15) is 24.2 Å². The molecule has 0 saturated carbocycles. The number of H-pyrrole nitrogens is 1. The van der Waals surface area contributed by atoms with Crippen molar-refractivity contribution in [3.05, 3.63) is 59.9 Å². The standard InChI is InChI=1S/C20H22N4O2/c1-13(17-11-15-16(23-17)5-4-6-18(15)26-3)24(2)20(25)10-8-14-7-9-19(21)22-12-14/h4-13,23H,1-3H3,(H2,21,22). The third kappa shape index (κ3) is 3.54. The molecule has 134 valence electrons. The second-order valence-corrected chi connectivity index (χ2v) is 6.12. The van der Waals surface area contributed by atoms with Gasteiger partial charge in [0, 0.05) is 35.9 Å². The molecule has 1 aromatic carbocycles. The second-order valence-electron chi connectivity index (χ2n) is 6.12. The number of rotatable bonds is 5. The van der Waals surface area contributed by atoms with E-state index < -0.39 is 0 Å². The van der Waals surface area contributed by atoms with Crippen LogP contribution in [0, 0.1) is 0 Å². The maximum absolute atomic E-state index is 12.5. The van der Waals surface area contributed by atoms with Gasteiger partial charge in [-0.2, -0.15) is 0 Å². The smallest absolute Gasteiger partial charge is 0.246 e. The Morgan fingerprint density at radius 3 is 2.85 bits per heavy atom. The van der Waals surface area contributed by atoms with Crippen molar-refractivity contribution >= 4 is 28.7 Å². The Morgan fingerprint density at radius 1 is 1.35 bits per heavy atom. The highest BCUT2D eigenvalue weighted by atomic mass is 16.5. The van der Waals surface area contributed by atoms with Gasteiger partial charge >= 0.3 is 0 Å². The van der Waals surface area contributed by atoms with Gasteiger partial charge in [0.25, 0.3) is 0 Å². The number of amides is 1. The molecule has 6 nitrogen and oxygen atoms in total. The number of nitrogens with one attached hydrogen (secondary N) is 1. The quantitative estimate of drug-likeness (QED) is 0.691. The number of anilines is 1. The molecule has 0 bridgehead atoms.